The number of halogens is 2. The third kappa shape index (κ3) is 4.35. The molecule has 1 aromatic carbocycles. The summed E-state index contributed by atoms with van der Waals surface area (Å²) in [5, 5.41) is 0.293. The van der Waals surface area contributed by atoms with E-state index in [1.54, 1.807) is 32.9 Å². The monoisotopic (exact) mass is 323 g/mol. The van der Waals surface area contributed by atoms with Gasteiger partial charge in [0.15, 0.2) is 0 Å². The molecular formula is C13H19Cl2NO2S. The number of hydrogen-bond donors (Lipinski definition) is 1. The molecule has 0 atom stereocenters. The molecule has 0 unspecified atom stereocenters. The van der Waals surface area contributed by atoms with Crippen molar-refractivity contribution in [2.45, 2.75) is 51.0 Å². The van der Waals surface area contributed by atoms with Crippen LogP contribution in [0.15, 0.2) is 17.0 Å². The lowest BCUT2D eigenvalue weighted by Crippen LogP contribution is -2.40. The maximum absolute atomic E-state index is 12.3. The van der Waals surface area contributed by atoms with E-state index < -0.39 is 15.6 Å². The van der Waals surface area contributed by atoms with Crippen LogP contribution in [0, 0.1) is 0 Å². The molecule has 19 heavy (non-hydrogen) atoms. The lowest BCUT2D eigenvalue weighted by Gasteiger charge is -2.21. The van der Waals surface area contributed by atoms with Crippen LogP contribution in [0.4, 0.5) is 0 Å². The van der Waals surface area contributed by atoms with E-state index in [1.165, 1.54) is 0 Å². The van der Waals surface area contributed by atoms with Gasteiger partial charge in [0, 0.05) is 5.54 Å². The smallest absolute Gasteiger partial charge is 0.207 e. The van der Waals surface area contributed by atoms with Crippen molar-refractivity contribution in [2.75, 3.05) is 0 Å². The normalized spacial score (nSPS) is 13.1. The first kappa shape index (κ1) is 16.8. The molecule has 0 saturated carbocycles. The second kappa shape index (κ2) is 5.60. The van der Waals surface area contributed by atoms with Crippen molar-refractivity contribution in [1.82, 2.24) is 4.72 Å². The van der Waals surface area contributed by atoms with Gasteiger partial charge in [0.25, 0.3) is 0 Å². The van der Waals surface area contributed by atoms with Crippen molar-refractivity contribution in [3.8, 4) is 0 Å². The molecule has 0 aliphatic rings. The summed E-state index contributed by atoms with van der Waals surface area (Å²) in [5.74, 6) is 0.224. The molecule has 0 aliphatic carbocycles. The van der Waals surface area contributed by atoms with Gasteiger partial charge in [-0.1, -0.05) is 37.0 Å². The molecule has 0 bridgehead atoms. The third-order valence-corrected chi connectivity index (χ3v) is 5.08. The molecule has 0 aromatic heterocycles. The molecular weight excluding hydrogens is 305 g/mol. The van der Waals surface area contributed by atoms with E-state index in [0.29, 0.717) is 0 Å². The van der Waals surface area contributed by atoms with Crippen LogP contribution in [0.2, 0.25) is 10.0 Å². The predicted octanol–water partition coefficient (Wildman–Crippen LogP) is 4.19. The van der Waals surface area contributed by atoms with Crippen LogP contribution in [0.1, 0.15) is 46.1 Å². The van der Waals surface area contributed by atoms with Crippen LogP contribution >= 0.6 is 23.2 Å². The second-order valence-electron chi connectivity index (χ2n) is 5.82. The van der Waals surface area contributed by atoms with Gasteiger partial charge in [-0.05, 0) is 44.4 Å². The average molecular weight is 324 g/mol. The molecule has 0 spiro atoms. The summed E-state index contributed by atoms with van der Waals surface area (Å²) in [6, 6.07) is 3.30. The van der Waals surface area contributed by atoms with Gasteiger partial charge in [0.1, 0.15) is 4.90 Å². The number of benzene rings is 1. The largest absolute Gasteiger partial charge is 0.244 e. The minimum Gasteiger partial charge on any atom is -0.207 e. The Kier molecular flexibility index (Phi) is 4.94. The van der Waals surface area contributed by atoms with Gasteiger partial charge in [-0.2, -0.15) is 0 Å². The van der Waals surface area contributed by atoms with Crippen LogP contribution in [-0.4, -0.2) is 14.0 Å². The fourth-order valence-electron chi connectivity index (χ4n) is 1.62. The Morgan fingerprint density at radius 3 is 1.84 bits per heavy atom. The van der Waals surface area contributed by atoms with Crippen LogP contribution in [0.25, 0.3) is 0 Å². The van der Waals surface area contributed by atoms with Gasteiger partial charge < -0.3 is 0 Å². The van der Waals surface area contributed by atoms with E-state index >= 15 is 0 Å². The van der Waals surface area contributed by atoms with Gasteiger partial charge in [-0.3, -0.25) is 0 Å². The zero-order chi connectivity index (χ0) is 15.0. The first-order valence-electron chi connectivity index (χ1n) is 5.97. The fraction of sp³-hybridized carbons (Fsp3) is 0.538. The molecule has 0 radical (unpaired) electrons. The molecule has 1 rings (SSSR count). The summed E-state index contributed by atoms with van der Waals surface area (Å²) >= 11 is 12.2. The van der Waals surface area contributed by atoms with Gasteiger partial charge in [-0.15, -0.1) is 0 Å². The van der Waals surface area contributed by atoms with E-state index in [0.717, 1.165) is 5.56 Å². The quantitative estimate of drug-likeness (QED) is 0.906. The first-order valence-corrected chi connectivity index (χ1v) is 8.21. The highest BCUT2D eigenvalue weighted by atomic mass is 35.5. The summed E-state index contributed by atoms with van der Waals surface area (Å²) in [6.07, 6.45) is 0. The van der Waals surface area contributed by atoms with Gasteiger partial charge in [-0.25, -0.2) is 13.1 Å². The van der Waals surface area contributed by atoms with Crippen molar-refractivity contribution < 1.29 is 8.42 Å². The van der Waals surface area contributed by atoms with Crippen LogP contribution in [0.3, 0.4) is 0 Å². The van der Waals surface area contributed by atoms with Crippen molar-refractivity contribution >= 4 is 33.2 Å². The predicted molar refractivity (Wildman–Crippen MR) is 80.6 cm³/mol. The highest BCUT2D eigenvalue weighted by Gasteiger charge is 2.27. The Morgan fingerprint density at radius 2 is 1.53 bits per heavy atom. The minimum absolute atomic E-state index is 0.0600. The topological polar surface area (TPSA) is 46.2 Å². The highest BCUT2D eigenvalue weighted by molar-refractivity contribution is 7.89. The zero-order valence-corrected chi connectivity index (χ0v) is 14.0. The number of hydrogen-bond acceptors (Lipinski definition) is 2. The first-order chi connectivity index (χ1) is 8.44. The fourth-order valence-corrected chi connectivity index (χ4v) is 4.28. The highest BCUT2D eigenvalue weighted by Crippen LogP contribution is 2.33. The Bertz CT molecular complexity index is 552. The van der Waals surface area contributed by atoms with Gasteiger partial charge in [0.05, 0.1) is 10.0 Å². The molecule has 0 amide bonds. The summed E-state index contributed by atoms with van der Waals surface area (Å²) in [5.41, 5.74) is 0.312. The standard InChI is InChI=1S/C13H19Cl2NO2S/c1-8(2)9-6-10(14)12(11(15)7-9)19(17,18)16-13(3,4)5/h6-8,16H,1-5H3. The second-order valence-corrected chi connectivity index (χ2v) is 8.26. The molecule has 0 heterocycles. The molecule has 108 valence electrons. The summed E-state index contributed by atoms with van der Waals surface area (Å²) in [6.45, 7) is 9.26. The zero-order valence-electron chi connectivity index (χ0n) is 11.7. The lowest BCUT2D eigenvalue weighted by molar-refractivity contribution is 0.491. The van der Waals surface area contributed by atoms with E-state index in [4.69, 9.17) is 23.2 Å². The Hall–Kier alpha value is -0.290. The molecule has 0 aliphatic heterocycles. The number of sulfonamides is 1. The average Bonchev–Trinajstić information content (AvgIpc) is 2.10. The Balaban J connectivity index is 3.37. The van der Waals surface area contributed by atoms with Crippen LogP contribution in [-0.2, 0) is 10.0 Å². The van der Waals surface area contributed by atoms with Crippen molar-refractivity contribution in [2.24, 2.45) is 0 Å². The molecule has 6 heteroatoms. The maximum Gasteiger partial charge on any atom is 0.244 e. The van der Waals surface area contributed by atoms with E-state index in [-0.39, 0.29) is 20.9 Å². The van der Waals surface area contributed by atoms with Crippen LogP contribution in [0.5, 0.6) is 0 Å². The molecule has 0 saturated heterocycles. The minimum atomic E-state index is -3.74. The van der Waals surface area contributed by atoms with Crippen molar-refractivity contribution in [3.05, 3.63) is 27.7 Å². The summed E-state index contributed by atoms with van der Waals surface area (Å²) < 4.78 is 27.1. The molecule has 1 aromatic rings. The Labute approximate surface area is 125 Å². The van der Waals surface area contributed by atoms with Crippen molar-refractivity contribution in [1.29, 1.82) is 0 Å². The number of rotatable bonds is 3. The summed E-state index contributed by atoms with van der Waals surface area (Å²) in [4.78, 5) is -0.0600. The SMILES string of the molecule is CC(C)c1cc(Cl)c(S(=O)(=O)NC(C)(C)C)c(Cl)c1. The van der Waals surface area contributed by atoms with Crippen LogP contribution < -0.4 is 4.72 Å². The van der Waals surface area contributed by atoms with Gasteiger partial charge in [0.2, 0.25) is 10.0 Å². The van der Waals surface area contributed by atoms with E-state index in [1.807, 2.05) is 13.8 Å². The summed E-state index contributed by atoms with van der Waals surface area (Å²) in [7, 11) is -3.74. The van der Waals surface area contributed by atoms with Crippen molar-refractivity contribution in [3.63, 3.8) is 0 Å². The van der Waals surface area contributed by atoms with Gasteiger partial charge >= 0.3 is 0 Å². The number of nitrogens with one attached hydrogen (secondary N) is 1. The Morgan fingerprint density at radius 1 is 1.11 bits per heavy atom. The lowest BCUT2D eigenvalue weighted by atomic mass is 10.0. The van der Waals surface area contributed by atoms with E-state index in [2.05, 4.69) is 4.72 Å². The van der Waals surface area contributed by atoms with E-state index in [9.17, 15) is 8.42 Å². The molecule has 3 nitrogen and oxygen atoms in total. The molecule has 1 N–H and O–H groups in total. The third-order valence-electron chi connectivity index (χ3n) is 2.40. The molecule has 0 fully saturated rings. The maximum atomic E-state index is 12.3.